The summed E-state index contributed by atoms with van der Waals surface area (Å²) in [6.07, 6.45) is 1.59. The molecule has 0 aliphatic rings. The van der Waals surface area contributed by atoms with Gasteiger partial charge in [-0.15, -0.1) is 18.3 Å². The van der Waals surface area contributed by atoms with Gasteiger partial charge in [-0.25, -0.2) is 4.79 Å². The maximum absolute atomic E-state index is 12.8. The lowest BCUT2D eigenvalue weighted by Gasteiger charge is -2.10. The van der Waals surface area contributed by atoms with Crippen LogP contribution >= 0.6 is 11.8 Å². The highest BCUT2D eigenvalue weighted by Gasteiger charge is 2.13. The highest BCUT2D eigenvalue weighted by molar-refractivity contribution is 7.98. The Morgan fingerprint density at radius 2 is 1.80 bits per heavy atom. The third-order valence-corrected chi connectivity index (χ3v) is 4.92. The maximum atomic E-state index is 12.8. The molecule has 8 nitrogen and oxygen atoms in total. The molecule has 154 valence electrons. The minimum absolute atomic E-state index is 0.232. The fourth-order valence-corrected chi connectivity index (χ4v) is 3.38. The standard InChI is InChI=1S/C21H21N5O3S/c1-3-12-22-21(28)25-16-10-8-15(9-11-16)24-20(27)17-6-4-5-7-18(17)30-13-19-23-14(2)26-29-19/h3-11H,1,12-13H2,2H3,(H,24,27)(H2,22,25,28). The largest absolute Gasteiger partial charge is 0.338 e. The third-order valence-electron chi connectivity index (χ3n) is 3.86. The van der Waals surface area contributed by atoms with Gasteiger partial charge in [-0.05, 0) is 43.3 Å². The van der Waals surface area contributed by atoms with Crippen LogP contribution in [0.1, 0.15) is 22.1 Å². The van der Waals surface area contributed by atoms with E-state index in [0.717, 1.165) is 4.90 Å². The molecule has 30 heavy (non-hydrogen) atoms. The Balaban J connectivity index is 1.61. The number of nitrogens with one attached hydrogen (secondary N) is 3. The molecule has 0 atom stereocenters. The van der Waals surface area contributed by atoms with E-state index in [9.17, 15) is 9.59 Å². The minimum atomic E-state index is -0.325. The molecule has 1 heterocycles. The van der Waals surface area contributed by atoms with Crippen molar-refractivity contribution in [3.05, 3.63) is 78.5 Å². The summed E-state index contributed by atoms with van der Waals surface area (Å²) < 4.78 is 5.12. The Hall–Kier alpha value is -3.59. The van der Waals surface area contributed by atoms with Crippen molar-refractivity contribution in [1.29, 1.82) is 0 Å². The second-order valence-corrected chi connectivity index (χ2v) is 7.19. The highest BCUT2D eigenvalue weighted by atomic mass is 32.2. The Kier molecular flexibility index (Phi) is 7.23. The first-order valence-corrected chi connectivity index (χ1v) is 10.1. The fourth-order valence-electron chi connectivity index (χ4n) is 2.49. The van der Waals surface area contributed by atoms with Crippen LogP contribution in [0, 0.1) is 6.92 Å². The van der Waals surface area contributed by atoms with E-state index in [4.69, 9.17) is 4.52 Å². The Morgan fingerprint density at radius 3 is 2.47 bits per heavy atom. The molecule has 0 fully saturated rings. The van der Waals surface area contributed by atoms with E-state index < -0.39 is 0 Å². The number of benzene rings is 2. The number of anilines is 2. The molecule has 2 aromatic carbocycles. The van der Waals surface area contributed by atoms with Crippen molar-refractivity contribution in [2.75, 3.05) is 17.2 Å². The summed E-state index contributed by atoms with van der Waals surface area (Å²) in [5, 5.41) is 12.0. The van der Waals surface area contributed by atoms with E-state index in [1.807, 2.05) is 18.2 Å². The summed E-state index contributed by atoms with van der Waals surface area (Å²) in [4.78, 5) is 29.4. The summed E-state index contributed by atoms with van der Waals surface area (Å²) in [5.74, 6) is 1.32. The van der Waals surface area contributed by atoms with Gasteiger partial charge in [0.25, 0.3) is 5.91 Å². The third kappa shape index (κ3) is 5.95. The molecule has 3 rings (SSSR count). The summed E-state index contributed by atoms with van der Waals surface area (Å²) in [7, 11) is 0. The second kappa shape index (κ2) is 10.3. The van der Waals surface area contributed by atoms with E-state index in [0.29, 0.717) is 41.0 Å². The monoisotopic (exact) mass is 423 g/mol. The van der Waals surface area contributed by atoms with Gasteiger partial charge in [0.05, 0.1) is 11.3 Å². The number of aromatic nitrogens is 2. The molecule has 0 saturated heterocycles. The molecule has 9 heteroatoms. The van der Waals surface area contributed by atoms with Gasteiger partial charge < -0.3 is 20.5 Å². The number of rotatable bonds is 8. The van der Waals surface area contributed by atoms with Crippen molar-refractivity contribution in [3.63, 3.8) is 0 Å². The van der Waals surface area contributed by atoms with Gasteiger partial charge in [-0.2, -0.15) is 4.98 Å². The van der Waals surface area contributed by atoms with Crippen molar-refractivity contribution >= 4 is 35.1 Å². The summed E-state index contributed by atoms with van der Waals surface area (Å²) in [6, 6.07) is 13.9. The lowest BCUT2D eigenvalue weighted by Crippen LogP contribution is -2.28. The molecule has 0 radical (unpaired) electrons. The highest BCUT2D eigenvalue weighted by Crippen LogP contribution is 2.26. The predicted molar refractivity (Wildman–Crippen MR) is 117 cm³/mol. The molecule has 0 aliphatic heterocycles. The average Bonchev–Trinajstić information content (AvgIpc) is 3.17. The second-order valence-electron chi connectivity index (χ2n) is 6.18. The van der Waals surface area contributed by atoms with E-state index in [1.165, 1.54) is 11.8 Å². The zero-order chi connectivity index (χ0) is 21.3. The number of carbonyl (C=O) groups excluding carboxylic acids is 2. The van der Waals surface area contributed by atoms with E-state index in [2.05, 4.69) is 32.7 Å². The Bertz CT molecular complexity index is 1030. The van der Waals surface area contributed by atoms with Crippen molar-refractivity contribution in [3.8, 4) is 0 Å². The van der Waals surface area contributed by atoms with Gasteiger partial charge >= 0.3 is 6.03 Å². The summed E-state index contributed by atoms with van der Waals surface area (Å²) >= 11 is 1.45. The number of thioether (sulfide) groups is 1. The zero-order valence-corrected chi connectivity index (χ0v) is 17.2. The molecule has 3 amide bonds. The van der Waals surface area contributed by atoms with Crippen molar-refractivity contribution in [2.45, 2.75) is 17.6 Å². The normalized spacial score (nSPS) is 10.3. The molecule has 0 spiro atoms. The molecule has 3 aromatic rings. The quantitative estimate of drug-likeness (QED) is 0.369. The van der Waals surface area contributed by atoms with E-state index >= 15 is 0 Å². The number of amides is 3. The van der Waals surface area contributed by atoms with Gasteiger partial charge in [-0.3, -0.25) is 4.79 Å². The topological polar surface area (TPSA) is 109 Å². The van der Waals surface area contributed by atoms with Crippen LogP contribution in [0.4, 0.5) is 16.2 Å². The number of nitrogens with zero attached hydrogens (tertiary/aromatic N) is 2. The smallest absolute Gasteiger partial charge is 0.319 e. The lowest BCUT2D eigenvalue weighted by atomic mass is 10.2. The SMILES string of the molecule is C=CCNC(=O)Nc1ccc(NC(=O)c2ccccc2SCc2nc(C)no2)cc1. The first kappa shape index (κ1) is 21.1. The number of urea groups is 1. The van der Waals surface area contributed by atoms with E-state index in [1.54, 1.807) is 43.3 Å². The Labute approximate surface area is 178 Å². The van der Waals surface area contributed by atoms with Crippen molar-refractivity contribution in [1.82, 2.24) is 15.5 Å². The van der Waals surface area contributed by atoms with Crippen LogP contribution in [0.15, 0.2) is 70.6 Å². The molecule has 0 aliphatic carbocycles. The predicted octanol–water partition coefficient (Wildman–Crippen LogP) is 4.23. The number of carbonyl (C=O) groups is 2. The van der Waals surface area contributed by atoms with Gasteiger partial charge in [0.1, 0.15) is 0 Å². The van der Waals surface area contributed by atoms with E-state index in [-0.39, 0.29) is 11.9 Å². The molecule has 1 aromatic heterocycles. The first-order chi connectivity index (χ1) is 14.5. The molecular weight excluding hydrogens is 402 g/mol. The number of hydrogen-bond donors (Lipinski definition) is 3. The minimum Gasteiger partial charge on any atom is -0.338 e. The molecule has 0 saturated carbocycles. The van der Waals surface area contributed by atoms with Crippen LogP contribution in [0.3, 0.4) is 0 Å². The van der Waals surface area contributed by atoms with Gasteiger partial charge in [0, 0.05) is 22.8 Å². The van der Waals surface area contributed by atoms with Crippen LogP contribution in [0.2, 0.25) is 0 Å². The van der Waals surface area contributed by atoms with Crippen LogP contribution in [-0.4, -0.2) is 28.6 Å². The zero-order valence-electron chi connectivity index (χ0n) is 16.3. The summed E-state index contributed by atoms with van der Waals surface area (Å²) in [6.45, 7) is 5.68. The van der Waals surface area contributed by atoms with Crippen LogP contribution in [-0.2, 0) is 5.75 Å². The maximum Gasteiger partial charge on any atom is 0.319 e. The van der Waals surface area contributed by atoms with Gasteiger partial charge in [-0.1, -0.05) is 23.4 Å². The van der Waals surface area contributed by atoms with Crippen LogP contribution < -0.4 is 16.0 Å². The first-order valence-electron chi connectivity index (χ1n) is 9.13. The molecular formula is C21H21N5O3S. The Morgan fingerprint density at radius 1 is 1.10 bits per heavy atom. The van der Waals surface area contributed by atoms with Crippen molar-refractivity contribution < 1.29 is 14.1 Å². The molecule has 0 unspecified atom stereocenters. The fraction of sp³-hybridized carbons (Fsp3) is 0.143. The van der Waals surface area contributed by atoms with Crippen LogP contribution in [0.25, 0.3) is 0 Å². The average molecular weight is 423 g/mol. The van der Waals surface area contributed by atoms with Gasteiger partial charge in [0.2, 0.25) is 5.89 Å². The summed E-state index contributed by atoms with van der Waals surface area (Å²) in [5.41, 5.74) is 1.77. The van der Waals surface area contributed by atoms with Crippen LogP contribution in [0.5, 0.6) is 0 Å². The molecule has 3 N–H and O–H groups in total. The number of aryl methyl sites for hydroxylation is 1. The van der Waals surface area contributed by atoms with Gasteiger partial charge in [0.15, 0.2) is 5.82 Å². The van der Waals surface area contributed by atoms with Crippen molar-refractivity contribution in [2.24, 2.45) is 0 Å². The number of hydrogen-bond acceptors (Lipinski definition) is 6. The molecule has 0 bridgehead atoms. The lowest BCUT2D eigenvalue weighted by molar-refractivity contribution is 0.102.